The van der Waals surface area contributed by atoms with E-state index in [0.717, 1.165) is 31.2 Å². The second-order valence-electron chi connectivity index (χ2n) is 7.88. The first kappa shape index (κ1) is 19.9. The molecule has 1 aliphatic rings. The number of nitrogens with zero attached hydrogens (tertiary/aromatic N) is 4. The predicted octanol–water partition coefficient (Wildman–Crippen LogP) is 3.35. The van der Waals surface area contributed by atoms with Crippen molar-refractivity contribution in [1.29, 1.82) is 0 Å². The van der Waals surface area contributed by atoms with Gasteiger partial charge in [-0.1, -0.05) is 42.7 Å². The molecular formula is C22H26N6O2. The van der Waals surface area contributed by atoms with Crippen molar-refractivity contribution in [1.82, 2.24) is 19.6 Å². The van der Waals surface area contributed by atoms with Crippen LogP contribution in [0, 0.1) is 12.8 Å². The molecule has 0 unspecified atom stereocenters. The minimum atomic E-state index is -0.345. The van der Waals surface area contributed by atoms with Gasteiger partial charge in [0.05, 0.1) is 18.4 Å². The van der Waals surface area contributed by atoms with Crippen molar-refractivity contribution < 1.29 is 9.59 Å². The number of anilines is 2. The molecule has 2 N–H and O–H groups in total. The smallest absolute Gasteiger partial charge is 0.276 e. The first-order valence-corrected chi connectivity index (χ1v) is 10.2. The molecule has 2 aromatic heterocycles. The molecule has 30 heavy (non-hydrogen) atoms. The Labute approximate surface area is 175 Å². The molecule has 0 saturated heterocycles. The maximum atomic E-state index is 12.6. The summed E-state index contributed by atoms with van der Waals surface area (Å²) in [4.78, 5) is 24.9. The average molecular weight is 406 g/mol. The Bertz CT molecular complexity index is 1060. The van der Waals surface area contributed by atoms with Gasteiger partial charge in [0, 0.05) is 25.2 Å². The molecule has 0 atom stereocenters. The third-order valence-electron chi connectivity index (χ3n) is 5.41. The van der Waals surface area contributed by atoms with Crippen LogP contribution in [-0.4, -0.2) is 31.4 Å². The summed E-state index contributed by atoms with van der Waals surface area (Å²) in [6.45, 7) is 2.67. The number of aromatic nitrogens is 4. The van der Waals surface area contributed by atoms with Crippen LogP contribution < -0.4 is 10.6 Å². The second kappa shape index (κ2) is 8.52. The lowest BCUT2D eigenvalue weighted by molar-refractivity contribution is -0.119. The van der Waals surface area contributed by atoms with E-state index < -0.39 is 0 Å². The minimum absolute atomic E-state index is 0.000108. The number of carbonyl (C=O) groups is 2. The molecule has 8 nitrogen and oxygen atoms in total. The topological polar surface area (TPSA) is 93.8 Å². The zero-order valence-electron chi connectivity index (χ0n) is 17.3. The summed E-state index contributed by atoms with van der Waals surface area (Å²) in [5.41, 5.74) is 3.17. The van der Waals surface area contributed by atoms with Gasteiger partial charge in [-0.05, 0) is 25.3 Å². The molecule has 0 spiro atoms. The molecule has 156 valence electrons. The molecule has 8 heteroatoms. The van der Waals surface area contributed by atoms with E-state index in [9.17, 15) is 9.59 Å². The van der Waals surface area contributed by atoms with Gasteiger partial charge in [-0.15, -0.1) is 0 Å². The summed E-state index contributed by atoms with van der Waals surface area (Å²) >= 11 is 0. The summed E-state index contributed by atoms with van der Waals surface area (Å²) in [6.07, 6.45) is 7.42. The van der Waals surface area contributed by atoms with E-state index in [0.29, 0.717) is 18.1 Å². The molecule has 0 bridgehead atoms. The van der Waals surface area contributed by atoms with Crippen molar-refractivity contribution in [3.05, 3.63) is 59.5 Å². The zero-order chi connectivity index (χ0) is 21.1. The number of aryl methyl sites for hydroxylation is 2. The van der Waals surface area contributed by atoms with E-state index in [-0.39, 0.29) is 23.4 Å². The Morgan fingerprint density at radius 2 is 1.97 bits per heavy atom. The number of amides is 2. The standard InChI is InChI=1S/C22H26N6O2/c1-15-6-5-7-16(10-15)13-28-14-18(12-23-28)24-22(30)19-11-20(27(2)26-19)25-21(29)17-8-3-4-9-17/h5-7,10-12,14,17H,3-4,8-9,13H2,1-2H3,(H,24,30)(H,25,29). The fraction of sp³-hybridized carbons (Fsp3) is 0.364. The summed E-state index contributed by atoms with van der Waals surface area (Å²) in [7, 11) is 1.71. The maximum absolute atomic E-state index is 12.6. The minimum Gasteiger partial charge on any atom is -0.318 e. The largest absolute Gasteiger partial charge is 0.318 e. The highest BCUT2D eigenvalue weighted by molar-refractivity contribution is 6.03. The van der Waals surface area contributed by atoms with E-state index in [4.69, 9.17) is 0 Å². The molecule has 4 rings (SSSR count). The van der Waals surface area contributed by atoms with Crippen molar-refractivity contribution in [3.8, 4) is 0 Å². The lowest BCUT2D eigenvalue weighted by atomic mass is 10.1. The molecule has 0 aliphatic heterocycles. The average Bonchev–Trinajstić information content (AvgIpc) is 3.44. The molecule has 1 saturated carbocycles. The Morgan fingerprint density at radius 3 is 2.73 bits per heavy atom. The molecule has 0 radical (unpaired) electrons. The number of rotatable bonds is 6. The number of hydrogen-bond donors (Lipinski definition) is 2. The van der Waals surface area contributed by atoms with Crippen LogP contribution >= 0.6 is 0 Å². The van der Waals surface area contributed by atoms with Crippen molar-refractivity contribution in [2.45, 2.75) is 39.2 Å². The summed E-state index contributed by atoms with van der Waals surface area (Å²) in [6, 6.07) is 9.81. The third-order valence-corrected chi connectivity index (χ3v) is 5.41. The van der Waals surface area contributed by atoms with E-state index in [1.54, 1.807) is 30.2 Å². The lowest BCUT2D eigenvalue weighted by Crippen LogP contribution is -2.21. The van der Waals surface area contributed by atoms with Gasteiger partial charge in [-0.25, -0.2) is 0 Å². The van der Waals surface area contributed by atoms with Gasteiger partial charge in [0.25, 0.3) is 5.91 Å². The zero-order valence-corrected chi connectivity index (χ0v) is 17.3. The SMILES string of the molecule is Cc1cccc(Cn2cc(NC(=O)c3cc(NC(=O)C4CCCC4)n(C)n3)cn2)c1. The van der Waals surface area contributed by atoms with Crippen LogP contribution in [0.15, 0.2) is 42.7 Å². The highest BCUT2D eigenvalue weighted by Crippen LogP contribution is 2.26. The third kappa shape index (κ3) is 4.59. The van der Waals surface area contributed by atoms with Crippen molar-refractivity contribution >= 4 is 23.3 Å². The van der Waals surface area contributed by atoms with Crippen molar-refractivity contribution in [3.63, 3.8) is 0 Å². The quantitative estimate of drug-likeness (QED) is 0.656. The van der Waals surface area contributed by atoms with E-state index in [1.165, 1.54) is 10.2 Å². The van der Waals surface area contributed by atoms with Crippen LogP contribution in [-0.2, 0) is 18.4 Å². The highest BCUT2D eigenvalue weighted by atomic mass is 16.2. The molecule has 3 aromatic rings. The molecule has 2 heterocycles. The second-order valence-corrected chi connectivity index (χ2v) is 7.88. The van der Waals surface area contributed by atoms with Crippen LogP contribution in [0.3, 0.4) is 0 Å². The van der Waals surface area contributed by atoms with Gasteiger partial charge in [-0.3, -0.25) is 19.0 Å². The van der Waals surface area contributed by atoms with Crippen LogP contribution in [0.25, 0.3) is 0 Å². The first-order valence-electron chi connectivity index (χ1n) is 10.2. The molecular weight excluding hydrogens is 380 g/mol. The van der Waals surface area contributed by atoms with Crippen molar-refractivity contribution in [2.75, 3.05) is 10.6 Å². The van der Waals surface area contributed by atoms with E-state index >= 15 is 0 Å². The van der Waals surface area contributed by atoms with E-state index in [1.807, 2.05) is 12.1 Å². The number of benzene rings is 1. The number of nitrogens with one attached hydrogen (secondary N) is 2. The van der Waals surface area contributed by atoms with Gasteiger partial charge in [-0.2, -0.15) is 10.2 Å². The Balaban J connectivity index is 1.38. The van der Waals surface area contributed by atoms with Crippen LogP contribution in [0.2, 0.25) is 0 Å². The van der Waals surface area contributed by atoms with Gasteiger partial charge < -0.3 is 10.6 Å². The highest BCUT2D eigenvalue weighted by Gasteiger charge is 2.24. The van der Waals surface area contributed by atoms with Gasteiger partial charge >= 0.3 is 0 Å². The van der Waals surface area contributed by atoms with Gasteiger partial charge in [0.2, 0.25) is 5.91 Å². The number of carbonyl (C=O) groups excluding carboxylic acids is 2. The Kier molecular flexibility index (Phi) is 5.65. The molecule has 1 aromatic carbocycles. The van der Waals surface area contributed by atoms with E-state index in [2.05, 4.69) is 39.9 Å². The fourth-order valence-corrected chi connectivity index (χ4v) is 3.82. The van der Waals surface area contributed by atoms with Crippen LogP contribution in [0.5, 0.6) is 0 Å². The van der Waals surface area contributed by atoms with Crippen LogP contribution in [0.1, 0.15) is 47.3 Å². The normalized spacial score (nSPS) is 14.1. The Hall–Kier alpha value is -3.42. The number of hydrogen-bond acceptors (Lipinski definition) is 4. The fourth-order valence-electron chi connectivity index (χ4n) is 3.82. The molecule has 2 amide bonds. The van der Waals surface area contributed by atoms with Crippen LogP contribution in [0.4, 0.5) is 11.5 Å². The molecule has 1 fully saturated rings. The summed E-state index contributed by atoms with van der Waals surface area (Å²) in [5, 5.41) is 14.3. The molecule has 1 aliphatic carbocycles. The monoisotopic (exact) mass is 406 g/mol. The lowest BCUT2D eigenvalue weighted by Gasteiger charge is -2.09. The Morgan fingerprint density at radius 1 is 1.17 bits per heavy atom. The summed E-state index contributed by atoms with van der Waals surface area (Å²) in [5.74, 6) is 0.227. The first-order chi connectivity index (χ1) is 14.5. The van der Waals surface area contributed by atoms with Gasteiger partial charge in [0.15, 0.2) is 5.69 Å². The maximum Gasteiger partial charge on any atom is 0.276 e. The predicted molar refractivity (Wildman–Crippen MR) is 114 cm³/mol. The van der Waals surface area contributed by atoms with Crippen molar-refractivity contribution in [2.24, 2.45) is 13.0 Å². The summed E-state index contributed by atoms with van der Waals surface area (Å²) < 4.78 is 3.29. The van der Waals surface area contributed by atoms with Gasteiger partial charge in [0.1, 0.15) is 5.82 Å².